The summed E-state index contributed by atoms with van der Waals surface area (Å²) in [6.45, 7) is 6.08. The third-order valence-electron chi connectivity index (χ3n) is 5.46. The Bertz CT molecular complexity index is 708. The van der Waals surface area contributed by atoms with Gasteiger partial charge in [0.2, 0.25) is 5.91 Å². The molecule has 0 heterocycles. The summed E-state index contributed by atoms with van der Waals surface area (Å²) in [6, 6.07) is 7.42. The Morgan fingerprint density at radius 3 is 2.29 bits per heavy atom. The second kappa shape index (κ2) is 11.5. The summed E-state index contributed by atoms with van der Waals surface area (Å²) in [4.78, 5) is 27.6. The van der Waals surface area contributed by atoms with Crippen LogP contribution in [0.15, 0.2) is 24.3 Å². The summed E-state index contributed by atoms with van der Waals surface area (Å²) in [7, 11) is 3.25. The van der Waals surface area contributed by atoms with Crippen LogP contribution >= 0.6 is 0 Å². The second-order valence-corrected chi connectivity index (χ2v) is 9.36. The van der Waals surface area contributed by atoms with Gasteiger partial charge in [0.1, 0.15) is 17.6 Å². The van der Waals surface area contributed by atoms with Gasteiger partial charge in [-0.05, 0) is 57.2 Å². The number of nitrogens with zero attached hydrogens (tertiary/aromatic N) is 1. The molecule has 0 aromatic heterocycles. The lowest BCUT2D eigenvalue weighted by Gasteiger charge is -2.30. The Balaban J connectivity index is 2.08. The van der Waals surface area contributed by atoms with E-state index in [2.05, 4.69) is 0 Å². The molecule has 2 N–H and O–H groups in total. The number of ether oxygens (including phenoxy) is 3. The molecule has 1 fully saturated rings. The molecular weight excluding hydrogens is 396 g/mol. The molecule has 7 nitrogen and oxygen atoms in total. The number of hydrogen-bond acceptors (Lipinski definition) is 6. The number of methoxy groups -OCH3 is 1. The number of carbonyl (C=O) groups is 2. The number of nitrogens with two attached hydrogens (primary N) is 1. The Labute approximate surface area is 186 Å². The van der Waals surface area contributed by atoms with E-state index in [4.69, 9.17) is 19.9 Å². The van der Waals surface area contributed by atoms with Crippen LogP contribution in [0, 0.1) is 11.8 Å². The minimum atomic E-state index is -1.22. The molecule has 0 aliphatic heterocycles. The third-order valence-corrected chi connectivity index (χ3v) is 5.46. The molecule has 0 bridgehead atoms. The van der Waals surface area contributed by atoms with Crippen LogP contribution in [0.3, 0.4) is 0 Å². The van der Waals surface area contributed by atoms with E-state index in [1.54, 1.807) is 34.9 Å². The van der Waals surface area contributed by atoms with Crippen molar-refractivity contribution in [2.75, 3.05) is 20.8 Å². The molecule has 2 atom stereocenters. The summed E-state index contributed by atoms with van der Waals surface area (Å²) in [5.74, 6) is -1.13. The van der Waals surface area contributed by atoms with E-state index in [0.717, 1.165) is 24.2 Å². The van der Waals surface area contributed by atoms with E-state index in [1.807, 2.05) is 24.3 Å². The van der Waals surface area contributed by atoms with Crippen molar-refractivity contribution in [2.45, 2.75) is 71.2 Å². The van der Waals surface area contributed by atoms with Crippen molar-refractivity contribution in [3.05, 3.63) is 29.8 Å². The Morgan fingerprint density at radius 1 is 1.13 bits per heavy atom. The first-order valence-corrected chi connectivity index (χ1v) is 11.1. The van der Waals surface area contributed by atoms with E-state index in [-0.39, 0.29) is 0 Å². The van der Waals surface area contributed by atoms with Gasteiger partial charge in [-0.15, -0.1) is 0 Å². The van der Waals surface area contributed by atoms with Gasteiger partial charge in [0.05, 0.1) is 13.7 Å². The predicted octanol–water partition coefficient (Wildman–Crippen LogP) is 3.49. The fraction of sp³-hybridized carbons (Fsp3) is 0.667. The first kappa shape index (κ1) is 25.1. The van der Waals surface area contributed by atoms with Gasteiger partial charge in [0.15, 0.2) is 5.92 Å². The first-order chi connectivity index (χ1) is 14.6. The van der Waals surface area contributed by atoms with Gasteiger partial charge < -0.3 is 24.8 Å². The summed E-state index contributed by atoms with van der Waals surface area (Å²) in [5, 5.41) is 0. The smallest absolute Gasteiger partial charge is 0.323 e. The molecule has 2 rings (SSSR count). The van der Waals surface area contributed by atoms with Crippen molar-refractivity contribution >= 4 is 11.9 Å². The molecule has 7 heteroatoms. The minimum absolute atomic E-state index is 0.331. The van der Waals surface area contributed by atoms with Gasteiger partial charge in [0, 0.05) is 13.6 Å². The van der Waals surface area contributed by atoms with E-state index in [1.165, 1.54) is 24.2 Å². The zero-order chi connectivity index (χ0) is 23.0. The SMILES string of the molecule is COc1ccc(CN(C)C(=O)[C@@H](C(=O)OC(C)(C)C)C(N)OCC2CCCCC2)cc1. The molecule has 1 aliphatic carbocycles. The van der Waals surface area contributed by atoms with Gasteiger partial charge in [-0.25, -0.2) is 0 Å². The quantitative estimate of drug-likeness (QED) is 0.363. The van der Waals surface area contributed by atoms with Crippen molar-refractivity contribution in [3.8, 4) is 5.75 Å². The number of esters is 1. The summed E-state index contributed by atoms with van der Waals surface area (Å²) < 4.78 is 16.5. The van der Waals surface area contributed by atoms with Crippen LogP contribution in [0.25, 0.3) is 0 Å². The molecule has 1 aromatic rings. The lowest BCUT2D eigenvalue weighted by atomic mass is 9.90. The van der Waals surface area contributed by atoms with E-state index < -0.39 is 29.6 Å². The lowest BCUT2D eigenvalue weighted by Crippen LogP contribution is -2.50. The fourth-order valence-electron chi connectivity index (χ4n) is 3.76. The minimum Gasteiger partial charge on any atom is -0.497 e. The van der Waals surface area contributed by atoms with E-state index in [9.17, 15) is 9.59 Å². The van der Waals surface area contributed by atoms with Crippen molar-refractivity contribution in [1.29, 1.82) is 0 Å². The molecule has 0 spiro atoms. The monoisotopic (exact) mass is 434 g/mol. The van der Waals surface area contributed by atoms with E-state index >= 15 is 0 Å². The highest BCUT2D eigenvalue weighted by Crippen LogP contribution is 2.25. The lowest BCUT2D eigenvalue weighted by molar-refractivity contribution is -0.172. The number of amides is 1. The summed E-state index contributed by atoms with van der Waals surface area (Å²) in [6.07, 6.45) is 4.75. The van der Waals surface area contributed by atoms with Crippen LogP contribution in [0.5, 0.6) is 5.75 Å². The molecule has 1 saturated carbocycles. The standard InChI is InChI=1S/C24H38N2O5/c1-24(2,3)31-23(28)20(21(25)30-16-18-9-7-6-8-10-18)22(27)26(4)15-17-11-13-19(29-5)14-12-17/h11-14,18,20-21H,6-10,15-16,25H2,1-5H3/t20-,21?/m0/s1. The van der Waals surface area contributed by atoms with Gasteiger partial charge in [-0.1, -0.05) is 31.4 Å². The van der Waals surface area contributed by atoms with E-state index in [0.29, 0.717) is 19.1 Å². The highest BCUT2D eigenvalue weighted by molar-refractivity contribution is 5.98. The fourth-order valence-corrected chi connectivity index (χ4v) is 3.76. The molecule has 174 valence electrons. The summed E-state index contributed by atoms with van der Waals surface area (Å²) >= 11 is 0. The van der Waals surface area contributed by atoms with Crippen molar-refractivity contribution < 1.29 is 23.8 Å². The van der Waals surface area contributed by atoms with Crippen LogP contribution in [-0.4, -0.2) is 49.4 Å². The highest BCUT2D eigenvalue weighted by Gasteiger charge is 2.39. The average Bonchev–Trinajstić information content (AvgIpc) is 2.72. The molecule has 1 amide bonds. The normalized spacial score (nSPS) is 17.0. The molecule has 0 radical (unpaired) electrons. The number of hydrogen-bond donors (Lipinski definition) is 1. The maximum Gasteiger partial charge on any atom is 0.323 e. The molecule has 1 unspecified atom stereocenters. The Hall–Kier alpha value is -2.12. The van der Waals surface area contributed by atoms with Gasteiger partial charge in [0.25, 0.3) is 0 Å². The maximum absolute atomic E-state index is 13.2. The summed E-state index contributed by atoms with van der Waals surface area (Å²) in [5.41, 5.74) is 6.42. The molecule has 1 aliphatic rings. The number of benzene rings is 1. The maximum atomic E-state index is 13.2. The molecule has 31 heavy (non-hydrogen) atoms. The van der Waals surface area contributed by atoms with Crippen LogP contribution in [-0.2, 0) is 25.6 Å². The molecule has 0 saturated heterocycles. The van der Waals surface area contributed by atoms with Crippen LogP contribution in [0.1, 0.15) is 58.4 Å². The Morgan fingerprint density at radius 2 is 1.74 bits per heavy atom. The van der Waals surface area contributed by atoms with Crippen molar-refractivity contribution in [2.24, 2.45) is 17.6 Å². The number of rotatable bonds is 9. The predicted molar refractivity (Wildman–Crippen MR) is 119 cm³/mol. The van der Waals surface area contributed by atoms with Gasteiger partial charge >= 0.3 is 5.97 Å². The first-order valence-electron chi connectivity index (χ1n) is 11.1. The molecular formula is C24H38N2O5. The van der Waals surface area contributed by atoms with Crippen molar-refractivity contribution in [1.82, 2.24) is 4.90 Å². The van der Waals surface area contributed by atoms with Gasteiger partial charge in [-0.2, -0.15) is 0 Å². The van der Waals surface area contributed by atoms with Crippen LogP contribution < -0.4 is 10.5 Å². The topological polar surface area (TPSA) is 91.1 Å². The zero-order valence-electron chi connectivity index (χ0n) is 19.6. The third kappa shape index (κ3) is 8.15. The second-order valence-electron chi connectivity index (χ2n) is 9.36. The number of carbonyl (C=O) groups excluding carboxylic acids is 2. The Kier molecular flexibility index (Phi) is 9.32. The van der Waals surface area contributed by atoms with Crippen LogP contribution in [0.4, 0.5) is 0 Å². The average molecular weight is 435 g/mol. The largest absolute Gasteiger partial charge is 0.497 e. The highest BCUT2D eigenvalue weighted by atomic mass is 16.6. The molecule has 1 aromatic carbocycles. The van der Waals surface area contributed by atoms with Gasteiger partial charge in [-0.3, -0.25) is 9.59 Å². The zero-order valence-corrected chi connectivity index (χ0v) is 19.6. The van der Waals surface area contributed by atoms with Crippen LogP contribution in [0.2, 0.25) is 0 Å². The van der Waals surface area contributed by atoms with Crippen molar-refractivity contribution in [3.63, 3.8) is 0 Å².